The second-order valence-electron chi connectivity index (χ2n) is 3.56. The van der Waals surface area contributed by atoms with E-state index in [1.54, 1.807) is 4.90 Å². The molecule has 0 saturated heterocycles. The Morgan fingerprint density at radius 1 is 1.53 bits per heavy atom. The van der Waals surface area contributed by atoms with Crippen molar-refractivity contribution in [3.63, 3.8) is 0 Å². The third-order valence-corrected chi connectivity index (χ3v) is 3.25. The van der Waals surface area contributed by atoms with E-state index in [9.17, 15) is 9.18 Å². The summed E-state index contributed by atoms with van der Waals surface area (Å²) in [6.07, 6.45) is 0.883. The Morgan fingerprint density at radius 3 is 2.76 bits per heavy atom. The average Bonchev–Trinajstić information content (AvgIpc) is 2.33. The lowest BCUT2D eigenvalue weighted by Crippen LogP contribution is -2.32. The van der Waals surface area contributed by atoms with Crippen LogP contribution in [0.1, 0.15) is 23.7 Å². The fourth-order valence-electron chi connectivity index (χ4n) is 1.47. The molecular formula is C12H14BrClFNO. The third-order valence-electron chi connectivity index (χ3n) is 2.40. The zero-order valence-electron chi connectivity index (χ0n) is 9.55. The highest BCUT2D eigenvalue weighted by molar-refractivity contribution is 9.09. The van der Waals surface area contributed by atoms with Crippen molar-refractivity contribution in [3.05, 3.63) is 34.6 Å². The summed E-state index contributed by atoms with van der Waals surface area (Å²) in [4.78, 5) is 13.8. The van der Waals surface area contributed by atoms with Gasteiger partial charge in [0.1, 0.15) is 5.82 Å². The number of benzene rings is 1. The SMILES string of the molecule is CCN(CCCBr)C(=O)c1ccc(F)c(Cl)c1. The largest absolute Gasteiger partial charge is 0.339 e. The summed E-state index contributed by atoms with van der Waals surface area (Å²) in [5, 5.41) is 0.827. The van der Waals surface area contributed by atoms with Crippen molar-refractivity contribution >= 4 is 33.4 Å². The van der Waals surface area contributed by atoms with Crippen LogP contribution >= 0.6 is 27.5 Å². The molecule has 0 aromatic heterocycles. The Hall–Kier alpha value is -0.610. The molecule has 1 amide bonds. The Kier molecular flexibility index (Phi) is 5.92. The Balaban J connectivity index is 2.82. The molecule has 0 N–H and O–H groups in total. The van der Waals surface area contributed by atoms with E-state index in [1.165, 1.54) is 18.2 Å². The molecule has 1 aromatic rings. The molecule has 1 aromatic carbocycles. The van der Waals surface area contributed by atoms with Crippen LogP contribution in [0.5, 0.6) is 0 Å². The van der Waals surface area contributed by atoms with Gasteiger partial charge in [-0.15, -0.1) is 0 Å². The Labute approximate surface area is 114 Å². The van der Waals surface area contributed by atoms with Gasteiger partial charge in [-0.05, 0) is 31.5 Å². The minimum atomic E-state index is -0.508. The maximum Gasteiger partial charge on any atom is 0.253 e. The summed E-state index contributed by atoms with van der Waals surface area (Å²) < 4.78 is 13.0. The summed E-state index contributed by atoms with van der Waals surface area (Å²) in [6.45, 7) is 3.22. The summed E-state index contributed by atoms with van der Waals surface area (Å²) in [6, 6.07) is 4.05. The third kappa shape index (κ3) is 3.96. The van der Waals surface area contributed by atoms with E-state index in [4.69, 9.17) is 11.6 Å². The van der Waals surface area contributed by atoms with Crippen LogP contribution in [0.4, 0.5) is 4.39 Å². The van der Waals surface area contributed by atoms with Crippen LogP contribution in [0.25, 0.3) is 0 Å². The smallest absolute Gasteiger partial charge is 0.253 e. The molecular weight excluding hydrogens is 308 g/mol. The van der Waals surface area contributed by atoms with Crippen molar-refractivity contribution in [3.8, 4) is 0 Å². The van der Waals surface area contributed by atoms with Gasteiger partial charge in [0.2, 0.25) is 0 Å². The minimum absolute atomic E-state index is 0.0209. The zero-order chi connectivity index (χ0) is 12.8. The molecule has 0 heterocycles. The second-order valence-corrected chi connectivity index (χ2v) is 4.76. The number of nitrogens with zero attached hydrogens (tertiary/aromatic N) is 1. The molecule has 0 bridgehead atoms. The van der Waals surface area contributed by atoms with Gasteiger partial charge >= 0.3 is 0 Å². The minimum Gasteiger partial charge on any atom is -0.339 e. The van der Waals surface area contributed by atoms with Crippen molar-refractivity contribution in [1.29, 1.82) is 0 Å². The molecule has 0 aliphatic heterocycles. The summed E-state index contributed by atoms with van der Waals surface area (Å²) in [5.41, 5.74) is 0.424. The Morgan fingerprint density at radius 2 is 2.24 bits per heavy atom. The number of hydrogen-bond donors (Lipinski definition) is 0. The number of amides is 1. The molecule has 0 aliphatic carbocycles. The topological polar surface area (TPSA) is 20.3 Å². The molecule has 0 spiro atoms. The van der Waals surface area contributed by atoms with Crippen molar-refractivity contribution < 1.29 is 9.18 Å². The van der Waals surface area contributed by atoms with E-state index in [2.05, 4.69) is 15.9 Å². The number of carbonyl (C=O) groups is 1. The van der Waals surface area contributed by atoms with Crippen LogP contribution in [0, 0.1) is 5.82 Å². The molecule has 17 heavy (non-hydrogen) atoms. The van der Waals surface area contributed by atoms with Gasteiger partial charge in [0.25, 0.3) is 5.91 Å². The van der Waals surface area contributed by atoms with Crippen molar-refractivity contribution in [2.75, 3.05) is 18.4 Å². The predicted molar refractivity (Wildman–Crippen MR) is 71.4 cm³/mol. The monoisotopic (exact) mass is 321 g/mol. The van der Waals surface area contributed by atoms with E-state index in [-0.39, 0.29) is 10.9 Å². The molecule has 94 valence electrons. The lowest BCUT2D eigenvalue weighted by molar-refractivity contribution is 0.0765. The standard InChI is InChI=1S/C12H14BrClFNO/c1-2-16(7-3-6-13)12(17)9-4-5-11(15)10(14)8-9/h4-5,8H,2-3,6-7H2,1H3. The van der Waals surface area contributed by atoms with Gasteiger partial charge < -0.3 is 4.90 Å². The maximum atomic E-state index is 13.0. The molecule has 0 fully saturated rings. The average molecular weight is 323 g/mol. The van der Waals surface area contributed by atoms with Crippen LogP contribution < -0.4 is 0 Å². The van der Waals surface area contributed by atoms with Crippen LogP contribution in [0.15, 0.2) is 18.2 Å². The highest BCUT2D eigenvalue weighted by Crippen LogP contribution is 2.17. The molecule has 0 unspecified atom stereocenters. The van der Waals surface area contributed by atoms with Gasteiger partial charge in [0.15, 0.2) is 0 Å². The van der Waals surface area contributed by atoms with E-state index < -0.39 is 5.82 Å². The fraction of sp³-hybridized carbons (Fsp3) is 0.417. The molecule has 0 aliphatic rings. The lowest BCUT2D eigenvalue weighted by atomic mass is 10.2. The summed E-state index contributed by atoms with van der Waals surface area (Å²) in [7, 11) is 0. The van der Waals surface area contributed by atoms with Crippen LogP contribution in [0.3, 0.4) is 0 Å². The first-order valence-electron chi connectivity index (χ1n) is 5.40. The molecule has 0 radical (unpaired) electrons. The van der Waals surface area contributed by atoms with Gasteiger partial charge in [0, 0.05) is 24.0 Å². The van der Waals surface area contributed by atoms with Crippen LogP contribution in [-0.4, -0.2) is 29.2 Å². The maximum absolute atomic E-state index is 13.0. The van der Waals surface area contributed by atoms with E-state index in [0.29, 0.717) is 18.7 Å². The Bertz CT molecular complexity index is 400. The number of alkyl halides is 1. The number of halogens is 3. The van der Waals surface area contributed by atoms with Gasteiger partial charge in [-0.2, -0.15) is 0 Å². The molecule has 5 heteroatoms. The number of hydrogen-bond acceptors (Lipinski definition) is 1. The second kappa shape index (κ2) is 6.97. The highest BCUT2D eigenvalue weighted by Gasteiger charge is 2.14. The first-order chi connectivity index (χ1) is 8.10. The zero-order valence-corrected chi connectivity index (χ0v) is 11.9. The van der Waals surface area contributed by atoms with Gasteiger partial charge in [-0.25, -0.2) is 4.39 Å². The van der Waals surface area contributed by atoms with Gasteiger partial charge in [0.05, 0.1) is 5.02 Å². The molecule has 1 rings (SSSR count). The van der Waals surface area contributed by atoms with Crippen molar-refractivity contribution in [2.24, 2.45) is 0 Å². The van der Waals surface area contributed by atoms with E-state index >= 15 is 0 Å². The first-order valence-corrected chi connectivity index (χ1v) is 6.90. The predicted octanol–water partition coefficient (Wildman–Crippen LogP) is 3.73. The fourth-order valence-corrected chi connectivity index (χ4v) is 1.90. The lowest BCUT2D eigenvalue weighted by Gasteiger charge is -2.20. The van der Waals surface area contributed by atoms with Crippen LogP contribution in [-0.2, 0) is 0 Å². The number of rotatable bonds is 5. The molecule has 0 atom stereocenters. The molecule has 0 saturated carbocycles. The first kappa shape index (κ1) is 14.5. The van der Waals surface area contributed by atoms with Gasteiger partial charge in [-0.3, -0.25) is 4.79 Å². The van der Waals surface area contributed by atoms with Crippen LogP contribution in [0.2, 0.25) is 5.02 Å². The normalized spacial score (nSPS) is 10.4. The number of carbonyl (C=O) groups excluding carboxylic acids is 1. The van der Waals surface area contributed by atoms with Crippen molar-refractivity contribution in [2.45, 2.75) is 13.3 Å². The summed E-state index contributed by atoms with van der Waals surface area (Å²) in [5.74, 6) is -0.623. The van der Waals surface area contributed by atoms with Gasteiger partial charge in [-0.1, -0.05) is 27.5 Å². The van der Waals surface area contributed by atoms with Crippen molar-refractivity contribution in [1.82, 2.24) is 4.90 Å². The quantitative estimate of drug-likeness (QED) is 0.757. The highest BCUT2D eigenvalue weighted by atomic mass is 79.9. The molecule has 2 nitrogen and oxygen atoms in total. The van der Waals surface area contributed by atoms with E-state index in [1.807, 2.05) is 6.92 Å². The summed E-state index contributed by atoms with van der Waals surface area (Å²) >= 11 is 8.98. The van der Waals surface area contributed by atoms with E-state index in [0.717, 1.165) is 11.8 Å².